The van der Waals surface area contributed by atoms with E-state index in [0.29, 0.717) is 6.04 Å². The molecule has 0 bridgehead atoms. The molecule has 5 rings (SSSR count). The molecule has 0 amide bonds. The van der Waals surface area contributed by atoms with E-state index in [9.17, 15) is 0 Å². The molecule has 0 radical (unpaired) electrons. The fourth-order valence-electron chi connectivity index (χ4n) is 5.68. The highest BCUT2D eigenvalue weighted by Gasteiger charge is 2.66. The fraction of sp³-hybridized carbons (Fsp3) is 0.478. The molecule has 2 aliphatic rings. The van der Waals surface area contributed by atoms with E-state index in [4.69, 9.17) is 4.42 Å². The molecule has 2 nitrogen and oxygen atoms in total. The van der Waals surface area contributed by atoms with Gasteiger partial charge in [0.15, 0.2) is 4.90 Å². The first-order valence-corrected chi connectivity index (χ1v) is 10.4. The molecular formula is C23H27NOS. The third kappa shape index (κ3) is 1.49. The lowest BCUT2D eigenvalue weighted by molar-refractivity contribution is 0.0522. The summed E-state index contributed by atoms with van der Waals surface area (Å²) < 4.78 is 6.55. The third-order valence-electron chi connectivity index (χ3n) is 8.02. The molecule has 3 aromatic rings. The lowest BCUT2D eigenvalue weighted by Gasteiger charge is -2.61. The molecule has 136 valence electrons. The number of benzene rings is 1. The molecule has 1 aromatic carbocycles. The Morgan fingerprint density at radius 1 is 1.08 bits per heavy atom. The Hall–Kier alpha value is -1.74. The molecule has 2 aromatic heterocycles. The second-order valence-corrected chi connectivity index (χ2v) is 10.2. The number of aryl methyl sites for hydroxylation is 1. The maximum absolute atomic E-state index is 6.55. The Kier molecular flexibility index (Phi) is 2.88. The minimum atomic E-state index is -0.177. The zero-order valence-corrected chi connectivity index (χ0v) is 17.5. The van der Waals surface area contributed by atoms with Gasteiger partial charge >= 0.3 is 0 Å². The van der Waals surface area contributed by atoms with Crippen LogP contribution in [0.3, 0.4) is 0 Å². The molecule has 2 aliphatic heterocycles. The molecule has 3 heteroatoms. The van der Waals surface area contributed by atoms with Gasteiger partial charge in [-0.05, 0) is 48.8 Å². The van der Waals surface area contributed by atoms with Crippen molar-refractivity contribution in [1.29, 1.82) is 0 Å². The van der Waals surface area contributed by atoms with Crippen LogP contribution < -0.4 is 4.90 Å². The van der Waals surface area contributed by atoms with Crippen LogP contribution in [0.1, 0.15) is 70.0 Å². The monoisotopic (exact) mass is 365 g/mol. The molecule has 1 unspecified atom stereocenters. The lowest BCUT2D eigenvalue weighted by atomic mass is 9.52. The number of rotatable bonds is 0. The molecule has 0 saturated carbocycles. The molecule has 2 atom stereocenters. The molecule has 26 heavy (non-hydrogen) atoms. The summed E-state index contributed by atoms with van der Waals surface area (Å²) >= 11 is 1.72. The van der Waals surface area contributed by atoms with Gasteiger partial charge in [0.05, 0.1) is 6.04 Å². The molecule has 0 fully saturated rings. The number of thiophene rings is 1. The molecule has 0 aliphatic carbocycles. The Bertz CT molecular complexity index is 1050. The van der Waals surface area contributed by atoms with Gasteiger partial charge in [0, 0.05) is 22.1 Å². The number of para-hydroxylation sites is 1. The summed E-state index contributed by atoms with van der Waals surface area (Å²) in [7, 11) is 0. The number of anilines is 1. The van der Waals surface area contributed by atoms with E-state index in [1.54, 1.807) is 11.3 Å². The van der Waals surface area contributed by atoms with Crippen LogP contribution in [0.4, 0.5) is 5.69 Å². The van der Waals surface area contributed by atoms with Gasteiger partial charge in [-0.25, -0.2) is 0 Å². The summed E-state index contributed by atoms with van der Waals surface area (Å²) in [6.07, 6.45) is 0. The van der Waals surface area contributed by atoms with Crippen LogP contribution in [0.5, 0.6) is 0 Å². The summed E-state index contributed by atoms with van der Waals surface area (Å²) in [6, 6.07) is 9.33. The van der Waals surface area contributed by atoms with Gasteiger partial charge in [-0.15, -0.1) is 11.3 Å². The maximum atomic E-state index is 6.55. The van der Waals surface area contributed by atoms with E-state index in [2.05, 4.69) is 83.0 Å². The van der Waals surface area contributed by atoms with Gasteiger partial charge in [0.1, 0.15) is 11.3 Å². The summed E-state index contributed by atoms with van der Waals surface area (Å²) in [5, 5.41) is 3.45. The second-order valence-electron chi connectivity index (χ2n) is 9.31. The number of hydrogen-bond donors (Lipinski definition) is 0. The largest absolute Gasteiger partial charge is 0.447 e. The number of fused-ring (bicyclic) bond motifs is 7. The highest BCUT2D eigenvalue weighted by Crippen LogP contribution is 2.68. The Labute approximate surface area is 159 Å². The first kappa shape index (κ1) is 16.4. The predicted octanol–water partition coefficient (Wildman–Crippen LogP) is 6.92. The van der Waals surface area contributed by atoms with Crippen LogP contribution in [-0.4, -0.2) is 0 Å². The van der Waals surface area contributed by atoms with Crippen molar-refractivity contribution in [1.82, 2.24) is 0 Å². The molecule has 0 N–H and O–H groups in total. The van der Waals surface area contributed by atoms with Gasteiger partial charge in [0.2, 0.25) is 0 Å². The van der Waals surface area contributed by atoms with Crippen molar-refractivity contribution in [3.8, 4) is 0 Å². The first-order chi connectivity index (χ1) is 12.1. The van der Waals surface area contributed by atoms with Crippen LogP contribution in [0, 0.1) is 12.3 Å². The van der Waals surface area contributed by atoms with Gasteiger partial charge in [0.25, 0.3) is 0 Å². The SMILES string of the molecule is Cc1cccc2c1N1[C@@H](C)c3c(oc4sccc34)C1(C)C(C)(C)C2(C)C. The van der Waals surface area contributed by atoms with E-state index in [1.165, 1.54) is 33.5 Å². The van der Waals surface area contributed by atoms with E-state index in [0.717, 1.165) is 4.90 Å². The fourth-order valence-corrected chi connectivity index (χ4v) is 6.44. The Balaban J connectivity index is 1.94. The minimum absolute atomic E-state index is 0.000273. The molecular weight excluding hydrogens is 338 g/mol. The van der Waals surface area contributed by atoms with Gasteiger partial charge < -0.3 is 9.32 Å². The zero-order chi connectivity index (χ0) is 18.6. The second kappa shape index (κ2) is 4.56. The number of nitrogens with zero attached hydrogens (tertiary/aromatic N) is 1. The van der Waals surface area contributed by atoms with Crippen LogP contribution in [-0.2, 0) is 11.0 Å². The molecule has 4 heterocycles. The Morgan fingerprint density at radius 2 is 1.81 bits per heavy atom. The average molecular weight is 366 g/mol. The number of furan rings is 1. The van der Waals surface area contributed by atoms with Crippen molar-refractivity contribution in [3.63, 3.8) is 0 Å². The van der Waals surface area contributed by atoms with Crippen LogP contribution in [0.15, 0.2) is 34.1 Å². The van der Waals surface area contributed by atoms with E-state index in [1.807, 2.05) is 0 Å². The lowest BCUT2D eigenvalue weighted by Crippen LogP contribution is -2.62. The van der Waals surface area contributed by atoms with Crippen LogP contribution in [0.25, 0.3) is 10.3 Å². The van der Waals surface area contributed by atoms with Crippen molar-refractivity contribution in [2.45, 2.75) is 65.5 Å². The van der Waals surface area contributed by atoms with Crippen molar-refractivity contribution in [2.24, 2.45) is 5.41 Å². The summed E-state index contributed by atoms with van der Waals surface area (Å²) in [5.41, 5.74) is 5.46. The number of hydrogen-bond acceptors (Lipinski definition) is 3. The van der Waals surface area contributed by atoms with Crippen molar-refractivity contribution >= 4 is 27.3 Å². The van der Waals surface area contributed by atoms with Crippen molar-refractivity contribution in [3.05, 3.63) is 52.1 Å². The quantitative estimate of drug-likeness (QED) is 0.430. The first-order valence-electron chi connectivity index (χ1n) is 9.54. The molecule has 0 saturated heterocycles. The minimum Gasteiger partial charge on any atom is -0.447 e. The molecule has 0 spiro atoms. The highest BCUT2D eigenvalue weighted by molar-refractivity contribution is 7.16. The average Bonchev–Trinajstić information content (AvgIpc) is 3.19. The highest BCUT2D eigenvalue weighted by atomic mass is 32.1. The summed E-state index contributed by atoms with van der Waals surface area (Å²) in [4.78, 5) is 3.74. The third-order valence-corrected chi connectivity index (χ3v) is 8.81. The standard InChI is InChI=1S/C23H27NOS/c1-13-9-8-10-16-18(13)24-14(2)17-15-11-12-26-20(15)25-19(17)23(24,7)22(5,6)21(16,3)4/h8-12,14H,1-7H3/t14-,23?/m0/s1. The summed E-state index contributed by atoms with van der Waals surface area (Å²) in [6.45, 7) is 16.7. The topological polar surface area (TPSA) is 16.4 Å². The summed E-state index contributed by atoms with van der Waals surface area (Å²) in [5.74, 6) is 1.18. The predicted molar refractivity (Wildman–Crippen MR) is 110 cm³/mol. The van der Waals surface area contributed by atoms with Gasteiger partial charge in [-0.1, -0.05) is 45.9 Å². The van der Waals surface area contributed by atoms with E-state index < -0.39 is 0 Å². The smallest absolute Gasteiger partial charge is 0.188 e. The van der Waals surface area contributed by atoms with E-state index in [-0.39, 0.29) is 16.4 Å². The van der Waals surface area contributed by atoms with E-state index >= 15 is 0 Å². The van der Waals surface area contributed by atoms with Gasteiger partial charge in [-0.3, -0.25) is 0 Å². The van der Waals surface area contributed by atoms with Gasteiger partial charge in [-0.2, -0.15) is 0 Å². The van der Waals surface area contributed by atoms with Crippen LogP contribution in [0.2, 0.25) is 0 Å². The van der Waals surface area contributed by atoms with Crippen molar-refractivity contribution in [2.75, 3.05) is 4.90 Å². The van der Waals surface area contributed by atoms with Crippen molar-refractivity contribution < 1.29 is 4.42 Å². The normalized spacial score (nSPS) is 28.1. The zero-order valence-electron chi connectivity index (χ0n) is 16.7. The van der Waals surface area contributed by atoms with Crippen LogP contribution >= 0.6 is 11.3 Å². The maximum Gasteiger partial charge on any atom is 0.188 e. The Morgan fingerprint density at radius 3 is 2.54 bits per heavy atom.